The lowest BCUT2D eigenvalue weighted by molar-refractivity contribution is -0.131. The molecule has 0 bridgehead atoms. The molecule has 5 nitrogen and oxygen atoms in total. The van der Waals surface area contributed by atoms with E-state index in [1.165, 1.54) is 0 Å². The maximum atomic E-state index is 13.4. The van der Waals surface area contributed by atoms with Crippen molar-refractivity contribution in [2.45, 2.75) is 10.1 Å². The molecule has 1 unspecified atom stereocenters. The van der Waals surface area contributed by atoms with Crippen LogP contribution in [-0.4, -0.2) is 46.5 Å². The Morgan fingerprint density at radius 1 is 0.964 bits per heavy atom. The maximum absolute atomic E-state index is 13.4. The molecule has 0 aliphatic carbocycles. The summed E-state index contributed by atoms with van der Waals surface area (Å²) >= 11 is 1.62. The molecule has 144 valence electrons. The Labute approximate surface area is 170 Å². The van der Waals surface area contributed by atoms with Crippen LogP contribution in [0.5, 0.6) is 0 Å². The molecule has 1 aromatic heterocycles. The second kappa shape index (κ2) is 8.52. The molecule has 28 heavy (non-hydrogen) atoms. The van der Waals surface area contributed by atoms with Crippen molar-refractivity contribution in [2.24, 2.45) is 7.05 Å². The molecule has 2 heterocycles. The first kappa shape index (κ1) is 18.6. The summed E-state index contributed by atoms with van der Waals surface area (Å²) in [4.78, 5) is 23.2. The normalized spacial score (nSPS) is 15.5. The van der Waals surface area contributed by atoms with E-state index in [0.29, 0.717) is 13.1 Å². The van der Waals surface area contributed by atoms with Crippen LogP contribution in [0.4, 0.5) is 5.95 Å². The number of nitrogens with zero attached hydrogens (tertiary/aromatic N) is 4. The number of piperazine rings is 1. The Morgan fingerprint density at radius 3 is 2.21 bits per heavy atom. The first-order valence-electron chi connectivity index (χ1n) is 9.50. The molecule has 0 saturated carbocycles. The van der Waals surface area contributed by atoms with Crippen molar-refractivity contribution in [3.8, 4) is 0 Å². The van der Waals surface area contributed by atoms with Gasteiger partial charge in [-0.05, 0) is 17.7 Å². The fourth-order valence-corrected chi connectivity index (χ4v) is 4.61. The lowest BCUT2D eigenvalue weighted by atomic mass is 10.1. The average molecular weight is 393 g/mol. The summed E-state index contributed by atoms with van der Waals surface area (Å²) in [5.41, 5.74) is 1.05. The smallest absolute Gasteiger partial charge is 0.240 e. The Balaban J connectivity index is 1.49. The molecule has 1 atom stereocenters. The van der Waals surface area contributed by atoms with Crippen LogP contribution in [-0.2, 0) is 11.8 Å². The third-order valence-corrected chi connectivity index (χ3v) is 6.25. The van der Waals surface area contributed by atoms with Gasteiger partial charge >= 0.3 is 0 Å². The fraction of sp³-hybridized carbons (Fsp3) is 0.273. The molecule has 1 amide bonds. The van der Waals surface area contributed by atoms with Gasteiger partial charge in [0.1, 0.15) is 5.25 Å². The Bertz CT molecular complexity index is 905. The zero-order chi connectivity index (χ0) is 19.3. The third-order valence-electron chi connectivity index (χ3n) is 4.99. The highest BCUT2D eigenvalue weighted by atomic mass is 32.2. The van der Waals surface area contributed by atoms with E-state index in [1.807, 2.05) is 77.4 Å². The average Bonchev–Trinajstić information content (AvgIpc) is 3.19. The monoisotopic (exact) mass is 392 g/mol. The molecule has 1 aliphatic heterocycles. The number of amides is 1. The van der Waals surface area contributed by atoms with Gasteiger partial charge in [0, 0.05) is 50.5 Å². The summed E-state index contributed by atoms with van der Waals surface area (Å²) < 4.78 is 2.02. The predicted octanol–water partition coefficient (Wildman–Crippen LogP) is 3.60. The van der Waals surface area contributed by atoms with E-state index in [9.17, 15) is 4.79 Å². The minimum Gasteiger partial charge on any atom is -0.339 e. The molecule has 0 N–H and O–H groups in total. The minimum atomic E-state index is -0.233. The number of thioether (sulfide) groups is 1. The summed E-state index contributed by atoms with van der Waals surface area (Å²) in [6.07, 6.45) is 3.77. The summed E-state index contributed by atoms with van der Waals surface area (Å²) in [6, 6.07) is 20.2. The van der Waals surface area contributed by atoms with Gasteiger partial charge in [-0.15, -0.1) is 11.8 Å². The van der Waals surface area contributed by atoms with Crippen LogP contribution in [0.25, 0.3) is 0 Å². The highest BCUT2D eigenvalue weighted by Crippen LogP contribution is 2.36. The van der Waals surface area contributed by atoms with Gasteiger partial charge in [0.25, 0.3) is 0 Å². The van der Waals surface area contributed by atoms with Gasteiger partial charge in [-0.1, -0.05) is 48.5 Å². The van der Waals surface area contributed by atoms with Crippen LogP contribution in [0.2, 0.25) is 0 Å². The fourth-order valence-electron chi connectivity index (χ4n) is 3.48. The van der Waals surface area contributed by atoms with Gasteiger partial charge in [0.15, 0.2) is 0 Å². The van der Waals surface area contributed by atoms with Crippen molar-refractivity contribution in [3.05, 3.63) is 78.6 Å². The molecular formula is C22H24N4OS. The van der Waals surface area contributed by atoms with Crippen molar-refractivity contribution in [1.82, 2.24) is 14.5 Å². The van der Waals surface area contributed by atoms with Crippen LogP contribution in [0.3, 0.4) is 0 Å². The van der Waals surface area contributed by atoms with Crippen molar-refractivity contribution in [3.63, 3.8) is 0 Å². The zero-order valence-corrected chi connectivity index (χ0v) is 16.8. The Morgan fingerprint density at radius 2 is 1.61 bits per heavy atom. The molecule has 1 aliphatic rings. The number of hydrogen-bond donors (Lipinski definition) is 0. The SMILES string of the molecule is Cn1ccnc1N1CCN(C(=O)C(Sc2ccccc2)c2ccccc2)CC1. The number of hydrogen-bond acceptors (Lipinski definition) is 4. The van der Waals surface area contributed by atoms with Crippen molar-refractivity contribution in [2.75, 3.05) is 31.1 Å². The minimum absolute atomic E-state index is 0.180. The summed E-state index contributed by atoms with van der Waals surface area (Å²) in [5.74, 6) is 1.14. The number of aromatic nitrogens is 2. The quantitative estimate of drug-likeness (QED) is 0.622. The lowest BCUT2D eigenvalue weighted by Gasteiger charge is -2.36. The molecule has 6 heteroatoms. The second-order valence-corrected chi connectivity index (χ2v) is 8.05. The number of carbonyl (C=O) groups is 1. The lowest BCUT2D eigenvalue weighted by Crippen LogP contribution is -2.50. The summed E-state index contributed by atoms with van der Waals surface area (Å²) in [6.45, 7) is 3.02. The standard InChI is InChI=1S/C22H24N4OS/c1-24-13-12-23-22(24)26-16-14-25(15-17-26)21(27)20(18-8-4-2-5-9-18)28-19-10-6-3-7-11-19/h2-13,20H,14-17H2,1H3. The summed E-state index contributed by atoms with van der Waals surface area (Å²) in [5, 5.41) is -0.233. The topological polar surface area (TPSA) is 41.4 Å². The van der Waals surface area contributed by atoms with E-state index >= 15 is 0 Å². The molecule has 0 radical (unpaired) electrons. The van der Waals surface area contributed by atoms with Crippen molar-refractivity contribution < 1.29 is 4.79 Å². The van der Waals surface area contributed by atoms with E-state index in [2.05, 4.69) is 22.0 Å². The van der Waals surface area contributed by atoms with Gasteiger partial charge in [0.05, 0.1) is 0 Å². The third kappa shape index (κ3) is 4.07. The maximum Gasteiger partial charge on any atom is 0.240 e. The van der Waals surface area contributed by atoms with E-state index in [0.717, 1.165) is 29.5 Å². The number of imidazole rings is 1. The zero-order valence-electron chi connectivity index (χ0n) is 15.9. The molecular weight excluding hydrogens is 368 g/mol. The van der Waals surface area contributed by atoms with Crippen LogP contribution in [0, 0.1) is 0 Å². The van der Waals surface area contributed by atoms with E-state index in [4.69, 9.17) is 0 Å². The number of anilines is 1. The molecule has 1 fully saturated rings. The number of carbonyl (C=O) groups excluding carboxylic acids is 1. The van der Waals surface area contributed by atoms with Crippen molar-refractivity contribution >= 4 is 23.6 Å². The van der Waals surface area contributed by atoms with E-state index < -0.39 is 0 Å². The van der Waals surface area contributed by atoms with Crippen LogP contribution in [0.1, 0.15) is 10.8 Å². The molecule has 1 saturated heterocycles. The number of benzene rings is 2. The highest BCUT2D eigenvalue weighted by molar-refractivity contribution is 8.00. The highest BCUT2D eigenvalue weighted by Gasteiger charge is 2.30. The molecule has 2 aromatic carbocycles. The molecule has 4 rings (SSSR count). The molecule has 0 spiro atoms. The number of aryl methyl sites for hydroxylation is 1. The van der Waals surface area contributed by atoms with Gasteiger partial charge in [-0.3, -0.25) is 4.79 Å². The van der Waals surface area contributed by atoms with Crippen LogP contribution in [0.15, 0.2) is 78.0 Å². The van der Waals surface area contributed by atoms with Crippen molar-refractivity contribution in [1.29, 1.82) is 0 Å². The Kier molecular flexibility index (Phi) is 5.67. The first-order valence-corrected chi connectivity index (χ1v) is 10.4. The number of rotatable bonds is 5. The van der Waals surface area contributed by atoms with E-state index in [-0.39, 0.29) is 11.2 Å². The largest absolute Gasteiger partial charge is 0.339 e. The summed E-state index contributed by atoms with van der Waals surface area (Å²) in [7, 11) is 2.00. The van der Waals surface area contributed by atoms with Crippen LogP contribution >= 0.6 is 11.8 Å². The van der Waals surface area contributed by atoms with Crippen LogP contribution < -0.4 is 4.90 Å². The van der Waals surface area contributed by atoms with Gasteiger partial charge in [-0.25, -0.2) is 4.98 Å². The second-order valence-electron chi connectivity index (χ2n) is 6.87. The molecule has 3 aromatic rings. The predicted molar refractivity (Wildman–Crippen MR) is 113 cm³/mol. The van der Waals surface area contributed by atoms with Gasteiger partial charge in [0.2, 0.25) is 11.9 Å². The Hall–Kier alpha value is -2.73. The van der Waals surface area contributed by atoms with E-state index in [1.54, 1.807) is 11.8 Å². The first-order chi connectivity index (χ1) is 13.7. The van der Waals surface area contributed by atoms with Gasteiger partial charge < -0.3 is 14.4 Å². The van der Waals surface area contributed by atoms with Gasteiger partial charge in [-0.2, -0.15) is 0 Å².